The van der Waals surface area contributed by atoms with E-state index in [4.69, 9.17) is 4.74 Å². The zero-order chi connectivity index (χ0) is 13.4. The Morgan fingerprint density at radius 1 is 1.17 bits per heavy atom. The standard InChI is InChI=1S/C15H32N2O/c1-5-15(6-2)13-14(9-12-18-15)16-10-11-17(7-3)8-4/h14,16H,5-13H2,1-4H3. The molecule has 0 aromatic heterocycles. The number of rotatable bonds is 8. The average molecular weight is 256 g/mol. The van der Waals surface area contributed by atoms with Gasteiger partial charge in [-0.25, -0.2) is 0 Å². The number of nitrogens with one attached hydrogen (secondary N) is 1. The van der Waals surface area contributed by atoms with Crippen molar-refractivity contribution in [3.05, 3.63) is 0 Å². The van der Waals surface area contributed by atoms with Gasteiger partial charge in [-0.2, -0.15) is 0 Å². The highest BCUT2D eigenvalue weighted by atomic mass is 16.5. The van der Waals surface area contributed by atoms with Crippen LogP contribution in [-0.4, -0.2) is 49.3 Å². The minimum Gasteiger partial charge on any atom is -0.375 e. The predicted molar refractivity (Wildman–Crippen MR) is 78.1 cm³/mol. The largest absolute Gasteiger partial charge is 0.375 e. The van der Waals surface area contributed by atoms with Gasteiger partial charge in [-0.05, 0) is 38.8 Å². The van der Waals surface area contributed by atoms with Crippen LogP contribution in [-0.2, 0) is 4.74 Å². The number of hydrogen-bond donors (Lipinski definition) is 1. The third kappa shape index (κ3) is 4.52. The van der Waals surface area contributed by atoms with Gasteiger partial charge in [0.05, 0.1) is 5.60 Å². The summed E-state index contributed by atoms with van der Waals surface area (Å²) in [4.78, 5) is 2.47. The first-order valence-electron chi connectivity index (χ1n) is 7.79. The highest BCUT2D eigenvalue weighted by molar-refractivity contribution is 4.88. The van der Waals surface area contributed by atoms with Crippen molar-refractivity contribution >= 4 is 0 Å². The van der Waals surface area contributed by atoms with Gasteiger partial charge in [0.15, 0.2) is 0 Å². The molecule has 1 saturated heterocycles. The fourth-order valence-electron chi connectivity index (χ4n) is 2.91. The second-order valence-corrected chi connectivity index (χ2v) is 5.41. The lowest BCUT2D eigenvalue weighted by molar-refractivity contribution is -0.0930. The molecule has 0 aromatic rings. The molecule has 1 rings (SSSR count). The summed E-state index contributed by atoms with van der Waals surface area (Å²) in [6, 6.07) is 0.647. The quantitative estimate of drug-likeness (QED) is 0.722. The molecular formula is C15H32N2O. The van der Waals surface area contributed by atoms with Crippen LogP contribution in [0, 0.1) is 0 Å². The van der Waals surface area contributed by atoms with Gasteiger partial charge in [0, 0.05) is 25.7 Å². The van der Waals surface area contributed by atoms with E-state index in [1.165, 1.54) is 12.8 Å². The van der Waals surface area contributed by atoms with Crippen LogP contribution < -0.4 is 5.32 Å². The number of hydrogen-bond acceptors (Lipinski definition) is 3. The Morgan fingerprint density at radius 3 is 2.39 bits per heavy atom. The summed E-state index contributed by atoms with van der Waals surface area (Å²) in [6.07, 6.45) is 4.62. The van der Waals surface area contributed by atoms with Crippen molar-refractivity contribution < 1.29 is 4.74 Å². The fraction of sp³-hybridized carbons (Fsp3) is 1.00. The maximum Gasteiger partial charge on any atom is 0.0692 e. The van der Waals surface area contributed by atoms with E-state index >= 15 is 0 Å². The van der Waals surface area contributed by atoms with E-state index in [1.807, 2.05) is 0 Å². The van der Waals surface area contributed by atoms with Crippen molar-refractivity contribution in [3.63, 3.8) is 0 Å². The van der Waals surface area contributed by atoms with Crippen molar-refractivity contribution in [1.29, 1.82) is 0 Å². The Labute approximate surface area is 113 Å². The Bertz CT molecular complexity index is 213. The van der Waals surface area contributed by atoms with E-state index in [2.05, 4.69) is 37.9 Å². The molecule has 0 saturated carbocycles. The van der Waals surface area contributed by atoms with Gasteiger partial charge >= 0.3 is 0 Å². The van der Waals surface area contributed by atoms with E-state index in [-0.39, 0.29) is 5.60 Å². The van der Waals surface area contributed by atoms with Crippen molar-refractivity contribution in [1.82, 2.24) is 10.2 Å². The van der Waals surface area contributed by atoms with E-state index < -0.39 is 0 Å². The van der Waals surface area contributed by atoms with Crippen molar-refractivity contribution in [3.8, 4) is 0 Å². The molecule has 3 nitrogen and oxygen atoms in total. The molecule has 0 aromatic carbocycles. The van der Waals surface area contributed by atoms with Crippen molar-refractivity contribution in [2.75, 3.05) is 32.8 Å². The molecule has 1 aliphatic rings. The monoisotopic (exact) mass is 256 g/mol. The molecule has 1 N–H and O–H groups in total. The lowest BCUT2D eigenvalue weighted by Crippen LogP contribution is -2.48. The lowest BCUT2D eigenvalue weighted by Gasteiger charge is -2.40. The van der Waals surface area contributed by atoms with E-state index in [9.17, 15) is 0 Å². The summed E-state index contributed by atoms with van der Waals surface area (Å²) in [5.41, 5.74) is 0.144. The SMILES string of the molecule is CCN(CC)CCNC1CCOC(CC)(CC)C1. The molecule has 1 atom stereocenters. The Balaban J connectivity index is 2.30. The molecule has 0 spiro atoms. The number of likely N-dealkylation sites (N-methyl/N-ethyl adjacent to an activating group) is 1. The molecule has 108 valence electrons. The topological polar surface area (TPSA) is 24.5 Å². The van der Waals surface area contributed by atoms with Gasteiger partial charge in [-0.1, -0.05) is 27.7 Å². The summed E-state index contributed by atoms with van der Waals surface area (Å²) in [6.45, 7) is 14.5. The van der Waals surface area contributed by atoms with Crippen LogP contribution in [0.4, 0.5) is 0 Å². The Morgan fingerprint density at radius 2 is 1.83 bits per heavy atom. The molecule has 0 aliphatic carbocycles. The Hall–Kier alpha value is -0.120. The van der Waals surface area contributed by atoms with Gasteiger partial charge in [-0.3, -0.25) is 0 Å². The fourth-order valence-corrected chi connectivity index (χ4v) is 2.91. The van der Waals surface area contributed by atoms with E-state index in [0.717, 1.165) is 45.6 Å². The summed E-state index contributed by atoms with van der Waals surface area (Å²) in [7, 11) is 0. The molecule has 3 heteroatoms. The number of nitrogens with zero attached hydrogens (tertiary/aromatic N) is 1. The van der Waals surface area contributed by atoms with Crippen LogP contribution in [0.1, 0.15) is 53.4 Å². The summed E-state index contributed by atoms with van der Waals surface area (Å²) in [5.74, 6) is 0. The minimum atomic E-state index is 0.144. The molecule has 0 bridgehead atoms. The van der Waals surface area contributed by atoms with E-state index in [0.29, 0.717) is 6.04 Å². The molecule has 1 fully saturated rings. The molecule has 0 amide bonds. The van der Waals surface area contributed by atoms with Crippen LogP contribution in [0.15, 0.2) is 0 Å². The van der Waals surface area contributed by atoms with Crippen molar-refractivity contribution in [2.24, 2.45) is 0 Å². The zero-order valence-corrected chi connectivity index (χ0v) is 12.8. The summed E-state index contributed by atoms with van der Waals surface area (Å²) >= 11 is 0. The first-order chi connectivity index (χ1) is 8.69. The van der Waals surface area contributed by atoms with E-state index in [1.54, 1.807) is 0 Å². The molecule has 1 aliphatic heterocycles. The smallest absolute Gasteiger partial charge is 0.0692 e. The molecule has 1 unspecified atom stereocenters. The summed E-state index contributed by atoms with van der Waals surface area (Å²) in [5, 5.41) is 3.72. The molecular weight excluding hydrogens is 224 g/mol. The minimum absolute atomic E-state index is 0.144. The second kappa shape index (κ2) is 8.13. The van der Waals surface area contributed by atoms with Gasteiger partial charge in [0.2, 0.25) is 0 Å². The molecule has 0 radical (unpaired) electrons. The predicted octanol–water partition coefficient (Wildman–Crippen LogP) is 2.66. The average Bonchev–Trinajstić information content (AvgIpc) is 2.44. The highest BCUT2D eigenvalue weighted by Crippen LogP contribution is 2.31. The van der Waals surface area contributed by atoms with Crippen LogP contribution >= 0.6 is 0 Å². The second-order valence-electron chi connectivity index (χ2n) is 5.41. The van der Waals surface area contributed by atoms with Gasteiger partial charge < -0.3 is 15.0 Å². The molecule has 1 heterocycles. The maximum absolute atomic E-state index is 6.01. The van der Waals surface area contributed by atoms with Crippen molar-refractivity contribution in [2.45, 2.75) is 65.0 Å². The zero-order valence-electron chi connectivity index (χ0n) is 12.8. The van der Waals surface area contributed by atoms with Crippen LogP contribution in [0.2, 0.25) is 0 Å². The highest BCUT2D eigenvalue weighted by Gasteiger charge is 2.34. The third-order valence-corrected chi connectivity index (χ3v) is 4.54. The summed E-state index contributed by atoms with van der Waals surface area (Å²) < 4.78 is 6.01. The van der Waals surface area contributed by atoms with Gasteiger partial charge in [0.1, 0.15) is 0 Å². The van der Waals surface area contributed by atoms with Crippen LogP contribution in [0.3, 0.4) is 0 Å². The lowest BCUT2D eigenvalue weighted by atomic mass is 9.86. The maximum atomic E-state index is 6.01. The number of ether oxygens (including phenoxy) is 1. The van der Waals surface area contributed by atoms with Crippen LogP contribution in [0.5, 0.6) is 0 Å². The first-order valence-corrected chi connectivity index (χ1v) is 7.79. The Kier molecular flexibility index (Phi) is 7.20. The normalized spacial score (nSPS) is 23.5. The van der Waals surface area contributed by atoms with Gasteiger partial charge in [-0.15, -0.1) is 0 Å². The molecule has 18 heavy (non-hydrogen) atoms. The third-order valence-electron chi connectivity index (χ3n) is 4.54. The first kappa shape index (κ1) is 15.9. The van der Waals surface area contributed by atoms with Gasteiger partial charge in [0.25, 0.3) is 0 Å². The van der Waals surface area contributed by atoms with Crippen LogP contribution in [0.25, 0.3) is 0 Å².